The van der Waals surface area contributed by atoms with Gasteiger partial charge in [0.05, 0.1) is 18.1 Å². The monoisotopic (exact) mass is 330 g/mol. The minimum absolute atomic E-state index is 0.125. The molecule has 122 valence electrons. The highest BCUT2D eigenvalue weighted by molar-refractivity contribution is 7.99. The first-order valence-electron chi connectivity index (χ1n) is 7.62. The largest absolute Gasteiger partial charge is 0.494 e. The molecule has 0 spiro atoms. The average Bonchev–Trinajstić information content (AvgIpc) is 2.57. The topological polar surface area (TPSA) is 42.4 Å². The van der Waals surface area contributed by atoms with Crippen LogP contribution in [0.3, 0.4) is 0 Å². The molecule has 0 aliphatic heterocycles. The second kappa shape index (κ2) is 9.20. The number of carbonyl (C=O) groups is 1. The summed E-state index contributed by atoms with van der Waals surface area (Å²) in [5.74, 6) is 2.20. The summed E-state index contributed by atoms with van der Waals surface area (Å²) in [6, 6.07) is 13.7. The van der Waals surface area contributed by atoms with E-state index in [4.69, 9.17) is 4.74 Å². The van der Waals surface area contributed by atoms with Crippen LogP contribution in [0.2, 0.25) is 0 Å². The van der Waals surface area contributed by atoms with Crippen molar-refractivity contribution in [2.45, 2.75) is 19.2 Å². The third-order valence-electron chi connectivity index (χ3n) is 3.28. The Morgan fingerprint density at radius 1 is 1.22 bits per heavy atom. The van der Waals surface area contributed by atoms with Crippen molar-refractivity contribution in [2.24, 2.45) is 0 Å². The fourth-order valence-corrected chi connectivity index (χ4v) is 2.93. The van der Waals surface area contributed by atoms with Gasteiger partial charge in [-0.05, 0) is 36.8 Å². The Morgan fingerprint density at radius 2 is 2.00 bits per heavy atom. The lowest BCUT2D eigenvalue weighted by molar-refractivity contribution is -0.127. The van der Waals surface area contributed by atoms with Gasteiger partial charge >= 0.3 is 0 Å². The highest BCUT2D eigenvalue weighted by atomic mass is 32.2. The molecule has 23 heavy (non-hydrogen) atoms. The smallest absolute Gasteiger partial charge is 0.232 e. The van der Waals surface area contributed by atoms with E-state index in [1.54, 1.807) is 22.9 Å². The molecule has 0 aliphatic rings. The molecule has 5 heteroatoms. The van der Waals surface area contributed by atoms with E-state index in [2.05, 4.69) is 4.98 Å². The summed E-state index contributed by atoms with van der Waals surface area (Å²) in [4.78, 5) is 18.2. The first-order chi connectivity index (χ1) is 11.2. The number of amides is 1. The standard InChI is InChI=1S/C18H22N2O2S/c1-3-22-17-9-7-15(8-10-17)12-20(2)18(21)14-23-13-16-6-4-5-11-19-16/h4-11H,3,12-14H2,1-2H3. The maximum Gasteiger partial charge on any atom is 0.232 e. The van der Waals surface area contributed by atoms with Crippen LogP contribution in [0.1, 0.15) is 18.2 Å². The van der Waals surface area contributed by atoms with Gasteiger partial charge in [0.1, 0.15) is 5.75 Å². The maximum absolute atomic E-state index is 12.2. The van der Waals surface area contributed by atoms with Crippen LogP contribution < -0.4 is 4.74 Å². The predicted molar refractivity (Wildman–Crippen MR) is 94.5 cm³/mol. The molecule has 2 aromatic rings. The van der Waals surface area contributed by atoms with Gasteiger partial charge in [0.15, 0.2) is 0 Å². The van der Waals surface area contributed by atoms with Crippen LogP contribution in [0.5, 0.6) is 5.75 Å². The first-order valence-corrected chi connectivity index (χ1v) is 8.78. The molecular formula is C18H22N2O2S. The third kappa shape index (κ3) is 5.94. The van der Waals surface area contributed by atoms with Gasteiger partial charge in [0.25, 0.3) is 0 Å². The van der Waals surface area contributed by atoms with Crippen LogP contribution in [0, 0.1) is 0 Å². The molecule has 0 atom stereocenters. The Morgan fingerprint density at radius 3 is 2.65 bits per heavy atom. The van der Waals surface area contributed by atoms with Gasteiger partial charge in [-0.2, -0.15) is 0 Å². The van der Waals surface area contributed by atoms with Crippen LogP contribution in [0.25, 0.3) is 0 Å². The number of ether oxygens (including phenoxy) is 1. The summed E-state index contributed by atoms with van der Waals surface area (Å²) in [5.41, 5.74) is 2.10. The molecule has 0 bridgehead atoms. The minimum atomic E-state index is 0.125. The van der Waals surface area contributed by atoms with Crippen molar-refractivity contribution in [1.82, 2.24) is 9.88 Å². The number of hydrogen-bond acceptors (Lipinski definition) is 4. The summed E-state index contributed by atoms with van der Waals surface area (Å²) >= 11 is 1.59. The van der Waals surface area contributed by atoms with Gasteiger partial charge < -0.3 is 9.64 Å². The Labute approximate surface area is 141 Å². The number of aromatic nitrogens is 1. The third-order valence-corrected chi connectivity index (χ3v) is 4.23. The second-order valence-corrected chi connectivity index (χ2v) is 6.13. The minimum Gasteiger partial charge on any atom is -0.494 e. The van der Waals surface area contributed by atoms with Gasteiger partial charge in [0, 0.05) is 25.5 Å². The SMILES string of the molecule is CCOc1ccc(CN(C)C(=O)CSCc2ccccn2)cc1. The number of rotatable bonds is 8. The zero-order valence-electron chi connectivity index (χ0n) is 13.6. The molecule has 4 nitrogen and oxygen atoms in total. The van der Waals surface area contributed by atoms with Gasteiger partial charge in [-0.3, -0.25) is 9.78 Å². The van der Waals surface area contributed by atoms with Crippen LogP contribution in [-0.2, 0) is 17.1 Å². The quantitative estimate of drug-likeness (QED) is 0.744. The Hall–Kier alpha value is -2.01. The van der Waals surface area contributed by atoms with Crippen LogP contribution in [0.15, 0.2) is 48.7 Å². The van der Waals surface area contributed by atoms with Crippen LogP contribution >= 0.6 is 11.8 Å². The van der Waals surface area contributed by atoms with Crippen molar-refractivity contribution >= 4 is 17.7 Å². The van der Waals surface area contributed by atoms with Crippen molar-refractivity contribution in [3.8, 4) is 5.75 Å². The predicted octanol–water partition coefficient (Wildman–Crippen LogP) is 3.37. The summed E-state index contributed by atoms with van der Waals surface area (Å²) in [7, 11) is 1.83. The lowest BCUT2D eigenvalue weighted by atomic mass is 10.2. The normalized spacial score (nSPS) is 10.3. The van der Waals surface area contributed by atoms with Gasteiger partial charge in [-0.15, -0.1) is 11.8 Å². The van der Waals surface area contributed by atoms with Crippen molar-refractivity contribution in [3.05, 3.63) is 59.9 Å². The van der Waals surface area contributed by atoms with E-state index in [1.807, 2.05) is 56.4 Å². The highest BCUT2D eigenvalue weighted by Crippen LogP contribution is 2.14. The van der Waals surface area contributed by atoms with Crippen LogP contribution in [0.4, 0.5) is 0 Å². The molecule has 2 rings (SSSR count). The summed E-state index contributed by atoms with van der Waals surface area (Å²) in [5, 5.41) is 0. The van der Waals surface area contributed by atoms with E-state index in [1.165, 1.54) is 0 Å². The number of hydrogen-bond donors (Lipinski definition) is 0. The maximum atomic E-state index is 12.2. The van der Waals surface area contributed by atoms with Gasteiger partial charge in [0.2, 0.25) is 5.91 Å². The zero-order chi connectivity index (χ0) is 16.5. The number of nitrogens with zero attached hydrogens (tertiary/aromatic N) is 2. The molecular weight excluding hydrogens is 308 g/mol. The van der Waals surface area contributed by atoms with E-state index in [9.17, 15) is 4.79 Å². The zero-order valence-corrected chi connectivity index (χ0v) is 14.4. The molecule has 1 aromatic heterocycles. The molecule has 0 saturated carbocycles. The first kappa shape index (κ1) is 17.3. The van der Waals surface area contributed by atoms with Crippen LogP contribution in [-0.4, -0.2) is 35.2 Å². The molecule has 1 aromatic carbocycles. The van der Waals surface area contributed by atoms with E-state index in [0.717, 1.165) is 22.8 Å². The molecule has 0 saturated heterocycles. The summed E-state index contributed by atoms with van der Waals surface area (Å²) in [6.45, 7) is 3.23. The Bertz CT molecular complexity index is 602. The summed E-state index contributed by atoms with van der Waals surface area (Å²) in [6.07, 6.45) is 1.77. The van der Waals surface area contributed by atoms with E-state index in [-0.39, 0.29) is 5.91 Å². The van der Waals surface area contributed by atoms with E-state index >= 15 is 0 Å². The van der Waals surface area contributed by atoms with Crippen molar-refractivity contribution in [2.75, 3.05) is 19.4 Å². The highest BCUT2D eigenvalue weighted by Gasteiger charge is 2.09. The van der Waals surface area contributed by atoms with E-state index < -0.39 is 0 Å². The second-order valence-electron chi connectivity index (χ2n) is 5.14. The molecule has 1 amide bonds. The lowest BCUT2D eigenvalue weighted by Gasteiger charge is -2.17. The summed E-state index contributed by atoms with van der Waals surface area (Å²) < 4.78 is 5.42. The van der Waals surface area contributed by atoms with E-state index in [0.29, 0.717) is 18.9 Å². The number of thioether (sulfide) groups is 1. The average molecular weight is 330 g/mol. The van der Waals surface area contributed by atoms with Crippen molar-refractivity contribution in [1.29, 1.82) is 0 Å². The molecule has 0 aliphatic carbocycles. The number of carbonyl (C=O) groups excluding carboxylic acids is 1. The molecule has 0 N–H and O–H groups in total. The molecule has 0 fully saturated rings. The molecule has 1 heterocycles. The fraction of sp³-hybridized carbons (Fsp3) is 0.333. The van der Waals surface area contributed by atoms with Crippen molar-refractivity contribution < 1.29 is 9.53 Å². The molecule has 0 radical (unpaired) electrons. The van der Waals surface area contributed by atoms with Gasteiger partial charge in [-0.25, -0.2) is 0 Å². The van der Waals surface area contributed by atoms with Crippen molar-refractivity contribution in [3.63, 3.8) is 0 Å². The fourth-order valence-electron chi connectivity index (χ4n) is 2.06. The molecule has 0 unspecified atom stereocenters. The number of benzene rings is 1. The Kier molecular flexibility index (Phi) is 6.94. The lowest BCUT2D eigenvalue weighted by Crippen LogP contribution is -2.27. The Balaban J connectivity index is 1.75. The van der Waals surface area contributed by atoms with Gasteiger partial charge in [-0.1, -0.05) is 18.2 Å². The number of pyridine rings is 1.